The van der Waals surface area contributed by atoms with Crippen molar-refractivity contribution in [3.05, 3.63) is 88.2 Å². The molecule has 1 amide bonds. The quantitative estimate of drug-likeness (QED) is 0.359. The molecule has 188 valence electrons. The van der Waals surface area contributed by atoms with E-state index in [2.05, 4.69) is 0 Å². The second-order valence-electron chi connectivity index (χ2n) is 9.18. The number of amides is 1. The molecule has 0 unspecified atom stereocenters. The molecule has 1 saturated heterocycles. The first-order valence-electron chi connectivity index (χ1n) is 11.9. The normalized spacial score (nSPS) is 14.1. The van der Waals surface area contributed by atoms with Gasteiger partial charge in [0.05, 0.1) is 11.5 Å². The van der Waals surface area contributed by atoms with E-state index in [0.717, 1.165) is 34.8 Å². The number of esters is 1. The van der Waals surface area contributed by atoms with Crippen molar-refractivity contribution in [3.8, 4) is 5.69 Å². The Bertz CT molecular complexity index is 1310. The van der Waals surface area contributed by atoms with Gasteiger partial charge in [-0.15, -0.1) is 0 Å². The summed E-state index contributed by atoms with van der Waals surface area (Å²) in [5.74, 6) is -3.44. The predicted molar refractivity (Wildman–Crippen MR) is 130 cm³/mol. The maximum absolute atomic E-state index is 13.9. The number of likely N-dealkylation sites (tertiary alicyclic amines) is 1. The summed E-state index contributed by atoms with van der Waals surface area (Å²) in [6, 6.07) is 12.6. The van der Waals surface area contributed by atoms with Crippen LogP contribution in [0.25, 0.3) is 5.69 Å². The molecule has 0 N–H and O–H groups in total. The zero-order valence-electron chi connectivity index (χ0n) is 20.5. The van der Waals surface area contributed by atoms with Crippen LogP contribution in [0.2, 0.25) is 0 Å². The average Bonchev–Trinajstić information content (AvgIpc) is 3.16. The highest BCUT2D eigenvalue weighted by atomic mass is 19.1. The summed E-state index contributed by atoms with van der Waals surface area (Å²) in [7, 11) is 0. The second-order valence-corrected chi connectivity index (χ2v) is 9.18. The molecule has 0 atom stereocenters. The number of hydrogen-bond donors (Lipinski definition) is 0. The lowest BCUT2D eigenvalue weighted by atomic mass is 9.96. The Morgan fingerprint density at radius 1 is 0.917 bits per heavy atom. The third kappa shape index (κ3) is 5.22. The first-order chi connectivity index (χ1) is 17.2. The van der Waals surface area contributed by atoms with Crippen LogP contribution in [0, 0.1) is 38.3 Å². The minimum Gasteiger partial charge on any atom is -0.457 e. The van der Waals surface area contributed by atoms with E-state index in [-0.39, 0.29) is 31.0 Å². The number of piperidine rings is 1. The lowest BCUT2D eigenvalue weighted by molar-refractivity contribution is -0.148. The second kappa shape index (κ2) is 10.4. The summed E-state index contributed by atoms with van der Waals surface area (Å²) in [6.45, 7) is 5.90. The molecule has 36 heavy (non-hydrogen) atoms. The van der Waals surface area contributed by atoms with Crippen LogP contribution >= 0.6 is 0 Å². The van der Waals surface area contributed by atoms with E-state index in [1.54, 1.807) is 6.07 Å². The van der Waals surface area contributed by atoms with Gasteiger partial charge in [0.1, 0.15) is 11.6 Å². The summed E-state index contributed by atoms with van der Waals surface area (Å²) >= 11 is 0. The lowest BCUT2D eigenvalue weighted by Crippen LogP contribution is -2.41. The molecule has 0 saturated carbocycles. The Balaban J connectivity index is 1.33. The van der Waals surface area contributed by atoms with Gasteiger partial charge >= 0.3 is 5.97 Å². The minimum atomic E-state index is -0.915. The third-order valence-electron chi connectivity index (χ3n) is 6.65. The average molecular weight is 495 g/mol. The fraction of sp³-hybridized carbons (Fsp3) is 0.321. The molecule has 1 aliphatic heterocycles. The molecule has 8 heteroatoms. The van der Waals surface area contributed by atoms with Crippen LogP contribution in [0.5, 0.6) is 0 Å². The van der Waals surface area contributed by atoms with Crippen LogP contribution in [0.1, 0.15) is 50.5 Å². The maximum atomic E-state index is 13.9. The topological polar surface area (TPSA) is 68.6 Å². The van der Waals surface area contributed by atoms with E-state index < -0.39 is 29.4 Å². The number of rotatable bonds is 6. The monoisotopic (exact) mass is 494 g/mol. The molecule has 1 aliphatic rings. The molecule has 2 aromatic carbocycles. The number of benzene rings is 2. The number of ether oxygens (including phenoxy) is 1. The van der Waals surface area contributed by atoms with E-state index in [9.17, 15) is 23.2 Å². The molecule has 1 fully saturated rings. The summed E-state index contributed by atoms with van der Waals surface area (Å²) in [6.07, 6.45) is 0.674. The maximum Gasteiger partial charge on any atom is 0.309 e. The highest BCUT2D eigenvalue weighted by Crippen LogP contribution is 2.24. The van der Waals surface area contributed by atoms with Gasteiger partial charge in [-0.25, -0.2) is 8.78 Å². The number of carbonyl (C=O) groups is 3. The van der Waals surface area contributed by atoms with Crippen LogP contribution < -0.4 is 0 Å². The zero-order chi connectivity index (χ0) is 26.0. The molecular formula is C28H28F2N2O4. The van der Waals surface area contributed by atoms with Crippen LogP contribution in [-0.2, 0) is 9.53 Å². The lowest BCUT2D eigenvalue weighted by Gasteiger charge is -2.31. The van der Waals surface area contributed by atoms with Crippen LogP contribution in [-0.4, -0.2) is 46.8 Å². The molecule has 2 heterocycles. The number of halogens is 2. The number of aromatic nitrogens is 1. The number of ketones is 1. The number of Topliss-reactive ketones (excluding diaryl/α,β-unsaturated/α-hetero) is 1. The van der Waals surface area contributed by atoms with Gasteiger partial charge in [-0.05, 0) is 63.9 Å². The molecule has 4 rings (SSSR count). The summed E-state index contributed by atoms with van der Waals surface area (Å²) < 4.78 is 34.4. The van der Waals surface area contributed by atoms with E-state index in [0.29, 0.717) is 24.5 Å². The largest absolute Gasteiger partial charge is 0.457 e. The van der Waals surface area contributed by atoms with Gasteiger partial charge in [-0.1, -0.05) is 17.7 Å². The van der Waals surface area contributed by atoms with Crippen molar-refractivity contribution in [1.29, 1.82) is 0 Å². The van der Waals surface area contributed by atoms with Crippen molar-refractivity contribution in [1.82, 2.24) is 9.47 Å². The van der Waals surface area contributed by atoms with Gasteiger partial charge in [-0.2, -0.15) is 0 Å². The first-order valence-corrected chi connectivity index (χ1v) is 11.9. The molecule has 0 aliphatic carbocycles. The third-order valence-corrected chi connectivity index (χ3v) is 6.65. The van der Waals surface area contributed by atoms with Crippen molar-refractivity contribution < 1.29 is 27.9 Å². The molecule has 0 spiro atoms. The zero-order valence-corrected chi connectivity index (χ0v) is 20.5. The van der Waals surface area contributed by atoms with Crippen molar-refractivity contribution in [2.45, 2.75) is 33.6 Å². The fourth-order valence-electron chi connectivity index (χ4n) is 4.62. The Hall–Kier alpha value is -3.81. The van der Waals surface area contributed by atoms with Gasteiger partial charge < -0.3 is 14.2 Å². The number of hydrogen-bond acceptors (Lipinski definition) is 4. The standard InChI is InChI=1S/C28H28F2N2O4/c1-17-4-7-22(8-5-17)32-18(2)14-24(19(32)3)26(33)16-36-28(35)20-10-12-31(13-11-20)27(34)23-9-6-21(29)15-25(23)30/h4-9,14-15,20H,10-13,16H2,1-3H3. The molecule has 6 nitrogen and oxygen atoms in total. The SMILES string of the molecule is Cc1ccc(-n2c(C)cc(C(=O)COC(=O)C3CCN(C(=O)c4ccc(F)cc4F)CC3)c2C)cc1. The Labute approximate surface area is 208 Å². The van der Waals surface area contributed by atoms with Gasteiger partial charge in [0, 0.05) is 41.8 Å². The highest BCUT2D eigenvalue weighted by Gasteiger charge is 2.30. The summed E-state index contributed by atoms with van der Waals surface area (Å²) in [4.78, 5) is 39.4. The van der Waals surface area contributed by atoms with Crippen molar-refractivity contribution in [2.24, 2.45) is 5.92 Å². The van der Waals surface area contributed by atoms with Crippen molar-refractivity contribution in [2.75, 3.05) is 19.7 Å². The van der Waals surface area contributed by atoms with Crippen molar-refractivity contribution >= 4 is 17.7 Å². The molecule has 1 aromatic heterocycles. The molecular weight excluding hydrogens is 466 g/mol. The number of nitrogens with zero attached hydrogens (tertiary/aromatic N) is 2. The summed E-state index contributed by atoms with van der Waals surface area (Å²) in [5.41, 5.74) is 4.07. The Morgan fingerprint density at radius 2 is 1.58 bits per heavy atom. The van der Waals surface area contributed by atoms with Gasteiger partial charge in [0.15, 0.2) is 6.61 Å². The van der Waals surface area contributed by atoms with Gasteiger partial charge in [-0.3, -0.25) is 14.4 Å². The smallest absolute Gasteiger partial charge is 0.309 e. The molecule has 0 radical (unpaired) electrons. The Kier molecular flexibility index (Phi) is 7.33. The molecule has 3 aromatic rings. The van der Waals surface area contributed by atoms with Crippen LogP contribution in [0.15, 0.2) is 48.5 Å². The highest BCUT2D eigenvalue weighted by molar-refractivity contribution is 5.99. The van der Waals surface area contributed by atoms with E-state index >= 15 is 0 Å². The van der Waals surface area contributed by atoms with Crippen LogP contribution in [0.4, 0.5) is 8.78 Å². The number of aryl methyl sites for hydroxylation is 2. The summed E-state index contributed by atoms with van der Waals surface area (Å²) in [5, 5.41) is 0. The molecule has 0 bridgehead atoms. The van der Waals surface area contributed by atoms with E-state index in [4.69, 9.17) is 4.74 Å². The van der Waals surface area contributed by atoms with E-state index in [1.165, 1.54) is 4.90 Å². The van der Waals surface area contributed by atoms with Crippen molar-refractivity contribution in [3.63, 3.8) is 0 Å². The van der Waals surface area contributed by atoms with Gasteiger partial charge in [0.2, 0.25) is 5.78 Å². The Morgan fingerprint density at radius 3 is 2.22 bits per heavy atom. The fourth-order valence-corrected chi connectivity index (χ4v) is 4.62. The van der Waals surface area contributed by atoms with Gasteiger partial charge in [0.25, 0.3) is 5.91 Å². The number of carbonyl (C=O) groups excluding carboxylic acids is 3. The van der Waals surface area contributed by atoms with E-state index in [1.807, 2.05) is 49.6 Å². The predicted octanol–water partition coefficient (Wildman–Crippen LogP) is 4.96. The minimum absolute atomic E-state index is 0.203. The van der Waals surface area contributed by atoms with Crippen LogP contribution in [0.3, 0.4) is 0 Å². The first kappa shape index (κ1) is 25.3.